The molecule has 20 heavy (non-hydrogen) atoms. The van der Waals surface area contributed by atoms with Crippen LogP contribution in [0.3, 0.4) is 0 Å². The molecule has 5 heteroatoms. The predicted octanol–water partition coefficient (Wildman–Crippen LogP) is 2.13. The molecule has 0 aromatic heterocycles. The number of urea groups is 1. The summed E-state index contributed by atoms with van der Waals surface area (Å²) in [6, 6.07) is 6.38. The maximum atomic E-state index is 12.5. The Morgan fingerprint density at radius 2 is 1.95 bits per heavy atom. The number of rotatable bonds is 3. The van der Waals surface area contributed by atoms with E-state index >= 15 is 0 Å². The zero-order valence-corrected chi connectivity index (χ0v) is 11.9. The Balaban J connectivity index is 2.36. The number of hydrogen-bond acceptors (Lipinski definition) is 2. The number of carbonyl (C=O) groups excluding carboxylic acids is 1. The summed E-state index contributed by atoms with van der Waals surface area (Å²) in [4.78, 5) is 27.2. The summed E-state index contributed by atoms with van der Waals surface area (Å²) in [5, 5.41) is 9.52. The number of aliphatic carboxylic acids is 1. The molecule has 0 fully saturated rings. The number of carboxylic acid groups (broad SMARTS) is 1. The van der Waals surface area contributed by atoms with Crippen LogP contribution in [0.2, 0.25) is 0 Å². The van der Waals surface area contributed by atoms with Gasteiger partial charge in [0.2, 0.25) is 0 Å². The Bertz CT molecular complexity index is 512. The van der Waals surface area contributed by atoms with Crippen LogP contribution in [0.5, 0.6) is 0 Å². The van der Waals surface area contributed by atoms with Crippen molar-refractivity contribution >= 4 is 12.0 Å². The molecule has 1 unspecified atom stereocenters. The van der Waals surface area contributed by atoms with Crippen molar-refractivity contribution in [2.45, 2.75) is 26.3 Å². The number of carboxylic acids is 1. The summed E-state index contributed by atoms with van der Waals surface area (Å²) < 4.78 is 0. The van der Waals surface area contributed by atoms with E-state index in [1.165, 1.54) is 4.90 Å². The van der Waals surface area contributed by atoms with E-state index in [9.17, 15) is 14.7 Å². The van der Waals surface area contributed by atoms with Gasteiger partial charge in [-0.05, 0) is 31.4 Å². The lowest BCUT2D eigenvalue weighted by Gasteiger charge is -2.37. The molecule has 0 bridgehead atoms. The van der Waals surface area contributed by atoms with Crippen molar-refractivity contribution < 1.29 is 14.7 Å². The smallest absolute Gasteiger partial charge is 0.331 e. The Hall–Kier alpha value is -2.04. The van der Waals surface area contributed by atoms with Crippen molar-refractivity contribution in [3.05, 3.63) is 35.4 Å². The maximum absolute atomic E-state index is 12.5. The Morgan fingerprint density at radius 1 is 1.30 bits per heavy atom. The molecule has 0 aliphatic carbocycles. The molecule has 0 spiro atoms. The number of benzene rings is 1. The van der Waals surface area contributed by atoms with E-state index in [2.05, 4.69) is 0 Å². The van der Waals surface area contributed by atoms with Crippen molar-refractivity contribution in [2.24, 2.45) is 0 Å². The fourth-order valence-corrected chi connectivity index (χ4v) is 2.71. The largest absolute Gasteiger partial charge is 0.479 e. The van der Waals surface area contributed by atoms with E-state index < -0.39 is 12.0 Å². The first-order valence-electron chi connectivity index (χ1n) is 6.96. The van der Waals surface area contributed by atoms with Gasteiger partial charge in [0.05, 0.1) is 0 Å². The Labute approximate surface area is 118 Å². The highest BCUT2D eigenvalue weighted by atomic mass is 16.4. The molecule has 1 aromatic carbocycles. The van der Waals surface area contributed by atoms with E-state index in [1.54, 1.807) is 11.0 Å². The molecule has 1 heterocycles. The zero-order valence-electron chi connectivity index (χ0n) is 11.9. The third-order valence-electron chi connectivity index (χ3n) is 3.80. The van der Waals surface area contributed by atoms with Gasteiger partial charge in [-0.1, -0.05) is 24.3 Å². The minimum absolute atomic E-state index is 0.197. The predicted molar refractivity (Wildman–Crippen MR) is 75.5 cm³/mol. The van der Waals surface area contributed by atoms with Gasteiger partial charge in [0.1, 0.15) is 0 Å². The van der Waals surface area contributed by atoms with Crippen molar-refractivity contribution in [3.63, 3.8) is 0 Å². The van der Waals surface area contributed by atoms with Crippen LogP contribution in [0.25, 0.3) is 0 Å². The maximum Gasteiger partial charge on any atom is 0.331 e. The molecule has 1 aliphatic heterocycles. The van der Waals surface area contributed by atoms with Crippen LogP contribution in [-0.4, -0.2) is 46.5 Å². The van der Waals surface area contributed by atoms with Gasteiger partial charge in [0, 0.05) is 19.6 Å². The summed E-state index contributed by atoms with van der Waals surface area (Å²) in [6.45, 7) is 5.41. The summed E-state index contributed by atoms with van der Waals surface area (Å²) >= 11 is 0. The molecule has 1 atom stereocenters. The first-order chi connectivity index (χ1) is 9.60. The van der Waals surface area contributed by atoms with Crippen LogP contribution in [0, 0.1) is 0 Å². The van der Waals surface area contributed by atoms with Gasteiger partial charge >= 0.3 is 12.0 Å². The quantitative estimate of drug-likeness (QED) is 0.920. The molecular formula is C15H20N2O3. The number of nitrogens with zero attached hydrogens (tertiary/aromatic N) is 2. The van der Waals surface area contributed by atoms with E-state index in [4.69, 9.17) is 0 Å². The van der Waals surface area contributed by atoms with Crippen LogP contribution in [0.4, 0.5) is 4.79 Å². The van der Waals surface area contributed by atoms with Crippen molar-refractivity contribution in [1.29, 1.82) is 0 Å². The second kappa shape index (κ2) is 5.94. The highest BCUT2D eigenvalue weighted by molar-refractivity contribution is 5.84. The summed E-state index contributed by atoms with van der Waals surface area (Å²) in [5.74, 6) is -0.974. The second-order valence-electron chi connectivity index (χ2n) is 4.84. The lowest BCUT2D eigenvalue weighted by atomic mass is 9.93. The minimum Gasteiger partial charge on any atom is -0.479 e. The molecule has 0 saturated carbocycles. The van der Waals surface area contributed by atoms with Gasteiger partial charge in [0.15, 0.2) is 6.04 Å². The fourth-order valence-electron chi connectivity index (χ4n) is 2.71. The molecule has 0 saturated heterocycles. The normalized spacial score (nSPS) is 17.5. The summed E-state index contributed by atoms with van der Waals surface area (Å²) in [5.41, 5.74) is 1.75. The van der Waals surface area contributed by atoms with Gasteiger partial charge in [0.25, 0.3) is 0 Å². The first-order valence-corrected chi connectivity index (χ1v) is 6.96. The third kappa shape index (κ3) is 2.48. The molecule has 5 nitrogen and oxygen atoms in total. The number of fused-ring (bicyclic) bond motifs is 1. The summed E-state index contributed by atoms with van der Waals surface area (Å²) in [7, 11) is 0. The minimum atomic E-state index is -0.974. The first kappa shape index (κ1) is 14.4. The molecule has 1 aliphatic rings. The van der Waals surface area contributed by atoms with Crippen LogP contribution in [0.15, 0.2) is 24.3 Å². The zero-order chi connectivity index (χ0) is 14.7. The van der Waals surface area contributed by atoms with E-state index in [-0.39, 0.29) is 6.03 Å². The average Bonchev–Trinajstić information content (AvgIpc) is 2.46. The molecule has 1 N–H and O–H groups in total. The fraction of sp³-hybridized carbons (Fsp3) is 0.467. The molecule has 2 amide bonds. The van der Waals surface area contributed by atoms with Gasteiger partial charge in [-0.25, -0.2) is 9.59 Å². The SMILES string of the molecule is CCN(CC)C(=O)N1CCc2ccccc2C1C(=O)O. The lowest BCUT2D eigenvalue weighted by molar-refractivity contribution is -0.143. The van der Waals surface area contributed by atoms with Crippen molar-refractivity contribution in [1.82, 2.24) is 9.80 Å². The van der Waals surface area contributed by atoms with Gasteiger partial charge in [-0.3, -0.25) is 0 Å². The highest BCUT2D eigenvalue weighted by Crippen LogP contribution is 2.30. The van der Waals surface area contributed by atoms with E-state index in [1.807, 2.05) is 32.0 Å². The number of carbonyl (C=O) groups is 2. The highest BCUT2D eigenvalue weighted by Gasteiger charge is 2.36. The molecule has 1 aromatic rings. The van der Waals surface area contributed by atoms with Crippen molar-refractivity contribution in [3.8, 4) is 0 Å². The Morgan fingerprint density at radius 3 is 2.55 bits per heavy atom. The molecular weight excluding hydrogens is 256 g/mol. The molecule has 2 rings (SSSR count). The van der Waals surface area contributed by atoms with Gasteiger partial charge < -0.3 is 14.9 Å². The van der Waals surface area contributed by atoms with Crippen LogP contribution < -0.4 is 0 Å². The van der Waals surface area contributed by atoms with Crippen molar-refractivity contribution in [2.75, 3.05) is 19.6 Å². The monoisotopic (exact) mass is 276 g/mol. The van der Waals surface area contributed by atoms with Gasteiger partial charge in [-0.15, -0.1) is 0 Å². The standard InChI is InChI=1S/C15H20N2O3/c1-3-16(4-2)15(20)17-10-9-11-7-5-6-8-12(11)13(17)14(18)19/h5-8,13H,3-4,9-10H2,1-2H3,(H,18,19). The Kier molecular flexibility index (Phi) is 4.27. The molecule has 108 valence electrons. The van der Waals surface area contributed by atoms with E-state index in [0.717, 1.165) is 11.1 Å². The average molecular weight is 276 g/mol. The van der Waals surface area contributed by atoms with Gasteiger partial charge in [-0.2, -0.15) is 0 Å². The number of hydrogen-bond donors (Lipinski definition) is 1. The summed E-state index contributed by atoms with van der Waals surface area (Å²) in [6.07, 6.45) is 0.701. The van der Waals surface area contributed by atoms with Crippen LogP contribution in [-0.2, 0) is 11.2 Å². The second-order valence-corrected chi connectivity index (χ2v) is 4.84. The number of amides is 2. The lowest BCUT2D eigenvalue weighted by Crippen LogP contribution is -2.49. The van der Waals surface area contributed by atoms with Crippen LogP contribution in [0.1, 0.15) is 31.0 Å². The topological polar surface area (TPSA) is 60.9 Å². The van der Waals surface area contributed by atoms with E-state index in [0.29, 0.717) is 26.1 Å². The van der Waals surface area contributed by atoms with Crippen LogP contribution >= 0.6 is 0 Å². The molecule has 0 radical (unpaired) electrons. The third-order valence-corrected chi connectivity index (χ3v) is 3.80.